The molecule has 0 aromatic heterocycles. The maximum absolute atomic E-state index is 13.7. The van der Waals surface area contributed by atoms with Crippen molar-refractivity contribution in [3.63, 3.8) is 0 Å². The Morgan fingerprint density at radius 1 is 0.926 bits per heavy atom. The Balaban J connectivity index is 1.89. The fourth-order valence-corrected chi connectivity index (χ4v) is 2.17. The Morgan fingerprint density at radius 2 is 1.67 bits per heavy atom. The highest BCUT2D eigenvalue weighted by atomic mass is 19.1. The van der Waals surface area contributed by atoms with E-state index in [0.717, 1.165) is 18.2 Å². The second-order valence-electron chi connectivity index (χ2n) is 5.55. The van der Waals surface area contributed by atoms with Gasteiger partial charge in [-0.15, -0.1) is 0 Å². The number of rotatable bonds is 6. The summed E-state index contributed by atoms with van der Waals surface area (Å²) in [6, 6.07) is 6.18. The Labute approximate surface area is 152 Å². The molecule has 0 bridgehead atoms. The second-order valence-corrected chi connectivity index (χ2v) is 5.55. The van der Waals surface area contributed by atoms with Crippen LogP contribution in [0.3, 0.4) is 0 Å². The van der Waals surface area contributed by atoms with Crippen molar-refractivity contribution in [2.75, 3.05) is 17.2 Å². The van der Waals surface area contributed by atoms with Crippen molar-refractivity contribution < 1.29 is 27.6 Å². The maximum atomic E-state index is 13.7. The largest absolute Gasteiger partial charge is 0.351 e. The predicted molar refractivity (Wildman–Crippen MR) is 92.6 cm³/mol. The molecule has 2 rings (SSSR count). The van der Waals surface area contributed by atoms with E-state index in [1.807, 2.05) is 0 Å². The smallest absolute Gasteiger partial charge is 0.254 e. The molecule has 0 aliphatic carbocycles. The number of hydrogen-bond acceptors (Lipinski definition) is 3. The van der Waals surface area contributed by atoms with Gasteiger partial charge < -0.3 is 16.0 Å². The van der Waals surface area contributed by atoms with Crippen LogP contribution in [0.1, 0.15) is 23.7 Å². The molecule has 3 amide bonds. The van der Waals surface area contributed by atoms with Crippen LogP contribution in [-0.4, -0.2) is 24.3 Å². The van der Waals surface area contributed by atoms with Crippen LogP contribution in [0.15, 0.2) is 36.4 Å². The number of amides is 3. The van der Waals surface area contributed by atoms with Crippen LogP contribution in [-0.2, 0) is 9.59 Å². The number of nitrogens with one attached hydrogen (secondary N) is 3. The summed E-state index contributed by atoms with van der Waals surface area (Å²) in [6.07, 6.45) is -0.210. The molecule has 0 spiro atoms. The molecule has 0 saturated heterocycles. The van der Waals surface area contributed by atoms with Crippen LogP contribution in [0.2, 0.25) is 0 Å². The number of anilines is 2. The Bertz CT molecular complexity index is 887. The summed E-state index contributed by atoms with van der Waals surface area (Å²) in [5.74, 6) is -4.29. The molecular weight excluding hydrogens is 363 g/mol. The van der Waals surface area contributed by atoms with Gasteiger partial charge in [0.25, 0.3) is 5.91 Å². The number of halogens is 3. The number of benzene rings is 2. The van der Waals surface area contributed by atoms with E-state index in [2.05, 4.69) is 16.0 Å². The Hall–Kier alpha value is -3.36. The molecule has 0 aliphatic heterocycles. The molecule has 142 valence electrons. The van der Waals surface area contributed by atoms with E-state index in [1.54, 1.807) is 0 Å². The first-order chi connectivity index (χ1) is 12.8. The van der Waals surface area contributed by atoms with Crippen LogP contribution >= 0.6 is 0 Å². The molecule has 6 nitrogen and oxygen atoms in total. The SMILES string of the molecule is CC(=O)Nc1ccc(F)c(NC(=O)CCNC(=O)c2ccc(F)cc2F)c1. The summed E-state index contributed by atoms with van der Waals surface area (Å²) in [4.78, 5) is 34.7. The normalized spacial score (nSPS) is 10.2. The lowest BCUT2D eigenvalue weighted by Gasteiger charge is -2.10. The van der Waals surface area contributed by atoms with Gasteiger partial charge in [0.1, 0.15) is 17.5 Å². The average molecular weight is 379 g/mol. The summed E-state index contributed by atoms with van der Waals surface area (Å²) >= 11 is 0. The lowest BCUT2D eigenvalue weighted by atomic mass is 10.2. The van der Waals surface area contributed by atoms with Crippen LogP contribution in [0.5, 0.6) is 0 Å². The van der Waals surface area contributed by atoms with E-state index in [0.29, 0.717) is 11.8 Å². The molecule has 0 saturated carbocycles. The van der Waals surface area contributed by atoms with Gasteiger partial charge in [0, 0.05) is 31.6 Å². The van der Waals surface area contributed by atoms with Crippen molar-refractivity contribution in [2.45, 2.75) is 13.3 Å². The van der Waals surface area contributed by atoms with Crippen molar-refractivity contribution in [2.24, 2.45) is 0 Å². The molecular formula is C18H16F3N3O3. The summed E-state index contributed by atoms with van der Waals surface area (Å²) in [5, 5.41) is 7.09. The molecule has 0 radical (unpaired) electrons. The van der Waals surface area contributed by atoms with E-state index < -0.39 is 29.3 Å². The molecule has 0 atom stereocenters. The number of carbonyl (C=O) groups excluding carboxylic acids is 3. The van der Waals surface area contributed by atoms with Crippen molar-refractivity contribution >= 4 is 29.1 Å². The molecule has 0 heterocycles. The summed E-state index contributed by atoms with van der Waals surface area (Å²) in [7, 11) is 0. The topological polar surface area (TPSA) is 87.3 Å². The lowest BCUT2D eigenvalue weighted by Crippen LogP contribution is -2.28. The monoisotopic (exact) mass is 379 g/mol. The van der Waals surface area contributed by atoms with Crippen LogP contribution in [0.4, 0.5) is 24.5 Å². The minimum atomic E-state index is -1.02. The van der Waals surface area contributed by atoms with Crippen molar-refractivity contribution in [1.82, 2.24) is 5.32 Å². The first-order valence-electron chi connectivity index (χ1n) is 7.86. The van der Waals surface area contributed by atoms with E-state index >= 15 is 0 Å². The van der Waals surface area contributed by atoms with Gasteiger partial charge in [-0.3, -0.25) is 14.4 Å². The Morgan fingerprint density at radius 3 is 2.33 bits per heavy atom. The first kappa shape index (κ1) is 20.0. The van der Waals surface area contributed by atoms with Crippen molar-refractivity contribution in [3.05, 3.63) is 59.4 Å². The second kappa shape index (κ2) is 8.84. The zero-order valence-corrected chi connectivity index (χ0v) is 14.2. The standard InChI is InChI=1S/C18H16F3N3O3/c1-10(25)23-12-3-5-14(20)16(9-12)24-17(26)6-7-22-18(27)13-4-2-11(19)8-15(13)21/h2-5,8-9H,6-7H2,1H3,(H,22,27)(H,23,25)(H,24,26). The Kier molecular flexibility index (Phi) is 6.53. The number of carbonyl (C=O) groups is 3. The van der Waals surface area contributed by atoms with Crippen LogP contribution in [0.25, 0.3) is 0 Å². The first-order valence-corrected chi connectivity index (χ1v) is 7.86. The highest BCUT2D eigenvalue weighted by molar-refractivity contribution is 5.96. The van der Waals surface area contributed by atoms with Gasteiger partial charge in [0.2, 0.25) is 11.8 Å². The quantitative estimate of drug-likeness (QED) is 0.721. The van der Waals surface area contributed by atoms with E-state index in [-0.39, 0.29) is 30.1 Å². The zero-order chi connectivity index (χ0) is 20.0. The van der Waals surface area contributed by atoms with Gasteiger partial charge in [0.15, 0.2) is 0 Å². The average Bonchev–Trinajstić information content (AvgIpc) is 2.57. The zero-order valence-electron chi connectivity index (χ0n) is 14.2. The molecule has 0 aliphatic rings. The minimum absolute atomic E-state index is 0.137. The minimum Gasteiger partial charge on any atom is -0.351 e. The molecule has 3 N–H and O–H groups in total. The van der Waals surface area contributed by atoms with Gasteiger partial charge in [-0.1, -0.05) is 0 Å². The third kappa shape index (κ3) is 5.84. The van der Waals surface area contributed by atoms with Gasteiger partial charge in [-0.05, 0) is 30.3 Å². The highest BCUT2D eigenvalue weighted by Gasteiger charge is 2.13. The van der Waals surface area contributed by atoms with Gasteiger partial charge in [-0.25, -0.2) is 13.2 Å². The summed E-state index contributed by atoms with van der Waals surface area (Å²) in [5.41, 5.74) is -0.188. The molecule has 2 aromatic carbocycles. The summed E-state index contributed by atoms with van der Waals surface area (Å²) in [6.45, 7) is 1.14. The maximum Gasteiger partial charge on any atom is 0.254 e. The molecule has 27 heavy (non-hydrogen) atoms. The van der Waals surface area contributed by atoms with E-state index in [1.165, 1.54) is 19.1 Å². The number of hydrogen-bond donors (Lipinski definition) is 3. The van der Waals surface area contributed by atoms with Crippen LogP contribution < -0.4 is 16.0 Å². The highest BCUT2D eigenvalue weighted by Crippen LogP contribution is 2.19. The molecule has 9 heteroatoms. The lowest BCUT2D eigenvalue weighted by molar-refractivity contribution is -0.116. The fourth-order valence-electron chi connectivity index (χ4n) is 2.17. The third-order valence-corrected chi connectivity index (χ3v) is 3.37. The summed E-state index contributed by atoms with van der Waals surface area (Å²) < 4.78 is 40.1. The predicted octanol–water partition coefficient (Wildman–Crippen LogP) is 2.82. The van der Waals surface area contributed by atoms with Gasteiger partial charge >= 0.3 is 0 Å². The van der Waals surface area contributed by atoms with Gasteiger partial charge in [0.05, 0.1) is 11.3 Å². The van der Waals surface area contributed by atoms with Crippen molar-refractivity contribution in [1.29, 1.82) is 0 Å². The molecule has 0 fully saturated rings. The third-order valence-electron chi connectivity index (χ3n) is 3.37. The molecule has 0 unspecified atom stereocenters. The van der Waals surface area contributed by atoms with Gasteiger partial charge in [-0.2, -0.15) is 0 Å². The molecule has 2 aromatic rings. The van der Waals surface area contributed by atoms with E-state index in [4.69, 9.17) is 0 Å². The van der Waals surface area contributed by atoms with E-state index in [9.17, 15) is 27.6 Å². The van der Waals surface area contributed by atoms with Crippen LogP contribution in [0, 0.1) is 17.5 Å². The van der Waals surface area contributed by atoms with Crippen molar-refractivity contribution in [3.8, 4) is 0 Å². The fraction of sp³-hybridized carbons (Fsp3) is 0.167.